The lowest BCUT2D eigenvalue weighted by Gasteiger charge is -2.15. The quantitative estimate of drug-likeness (QED) is 0.0249. The Kier molecular flexibility index (Phi) is 36.8. The second kappa shape index (κ2) is 38.9. The van der Waals surface area contributed by atoms with Gasteiger partial charge in [0.15, 0.2) is 0 Å². The van der Waals surface area contributed by atoms with Gasteiger partial charge in [-0.2, -0.15) is 0 Å². The van der Waals surface area contributed by atoms with E-state index < -0.39 is 26.5 Å². The number of carbonyl (C=O) groups is 2. The zero-order valence-electron chi connectivity index (χ0n) is 32.9. The molecule has 0 aromatic heterocycles. The number of phosphoric ester groups is 1. The molecule has 2 atom stereocenters. The van der Waals surface area contributed by atoms with Gasteiger partial charge in [0.1, 0.15) is 12.7 Å². The summed E-state index contributed by atoms with van der Waals surface area (Å²) in [5.41, 5.74) is 0. The van der Waals surface area contributed by atoms with Gasteiger partial charge in [-0.15, -0.1) is 0 Å². The van der Waals surface area contributed by atoms with E-state index in [-0.39, 0.29) is 32.1 Å². The molecular formula is C43H72NO8P. The molecule has 302 valence electrons. The minimum atomic E-state index is -4.43. The van der Waals surface area contributed by atoms with E-state index in [1.54, 1.807) is 0 Å². The van der Waals surface area contributed by atoms with Crippen molar-refractivity contribution in [3.63, 3.8) is 0 Å². The Balaban J connectivity index is 3.75. The number of amides is 1. The third kappa shape index (κ3) is 40.2. The van der Waals surface area contributed by atoms with Crippen LogP contribution in [-0.4, -0.2) is 54.3 Å². The number of carbonyl (C=O) groups excluding carboxylic acids is 2. The fraction of sp³-hybridized carbons (Fsp3) is 0.628. The molecule has 0 saturated heterocycles. The number of esters is 1. The summed E-state index contributed by atoms with van der Waals surface area (Å²) >= 11 is 0. The smallest absolute Gasteiger partial charge is 0.463 e. The van der Waals surface area contributed by atoms with Crippen molar-refractivity contribution in [3.05, 3.63) is 85.1 Å². The highest BCUT2D eigenvalue weighted by molar-refractivity contribution is 7.47. The minimum absolute atomic E-state index is 0.0459. The van der Waals surface area contributed by atoms with Gasteiger partial charge in [-0.05, 0) is 64.2 Å². The topological polar surface area (TPSA) is 131 Å². The fourth-order valence-electron chi connectivity index (χ4n) is 4.84. The third-order valence-corrected chi connectivity index (χ3v) is 8.82. The highest BCUT2D eigenvalue weighted by atomic mass is 31.2. The van der Waals surface area contributed by atoms with Gasteiger partial charge in [0.25, 0.3) is 0 Å². The first kappa shape index (κ1) is 50.2. The Morgan fingerprint density at radius 2 is 1.08 bits per heavy atom. The SMILES string of the molecule is CC/C=C\C/C=C\C/C=C\C/C=C\C/C=C\C/C=C\C/C=C\CCCC(=O)NCCOP(=O)(O)OCC(O)COC(=O)CCCCCCCCCCC. The van der Waals surface area contributed by atoms with E-state index in [9.17, 15) is 24.2 Å². The number of hydrogen-bond donors (Lipinski definition) is 3. The molecule has 2 unspecified atom stereocenters. The zero-order valence-corrected chi connectivity index (χ0v) is 33.8. The Hall–Kier alpha value is -2.81. The van der Waals surface area contributed by atoms with Crippen molar-refractivity contribution in [1.29, 1.82) is 0 Å². The Labute approximate surface area is 322 Å². The first-order valence-corrected chi connectivity index (χ1v) is 21.6. The van der Waals surface area contributed by atoms with Crippen LogP contribution in [0.3, 0.4) is 0 Å². The molecule has 0 heterocycles. The number of phosphoric acid groups is 1. The van der Waals surface area contributed by atoms with Crippen molar-refractivity contribution >= 4 is 19.7 Å². The molecule has 0 bridgehead atoms. The summed E-state index contributed by atoms with van der Waals surface area (Å²) in [6, 6.07) is 0. The van der Waals surface area contributed by atoms with Crippen LogP contribution in [0.15, 0.2) is 85.1 Å². The molecule has 0 aliphatic carbocycles. The average molecular weight is 762 g/mol. The molecule has 53 heavy (non-hydrogen) atoms. The molecule has 0 rings (SSSR count). The van der Waals surface area contributed by atoms with Gasteiger partial charge in [-0.25, -0.2) is 4.57 Å². The maximum Gasteiger partial charge on any atom is 0.472 e. The zero-order chi connectivity index (χ0) is 38.9. The Bertz CT molecular complexity index is 1140. The fourth-order valence-corrected chi connectivity index (χ4v) is 5.59. The van der Waals surface area contributed by atoms with Crippen molar-refractivity contribution in [2.24, 2.45) is 0 Å². The molecule has 3 N–H and O–H groups in total. The number of allylic oxidation sites excluding steroid dienone is 14. The molecule has 9 nitrogen and oxygen atoms in total. The van der Waals surface area contributed by atoms with E-state index in [0.717, 1.165) is 70.6 Å². The van der Waals surface area contributed by atoms with Crippen molar-refractivity contribution in [2.45, 2.75) is 148 Å². The van der Waals surface area contributed by atoms with E-state index in [1.807, 2.05) is 0 Å². The molecule has 10 heteroatoms. The Morgan fingerprint density at radius 1 is 0.604 bits per heavy atom. The summed E-state index contributed by atoms with van der Waals surface area (Å²) in [5.74, 6) is -0.588. The lowest BCUT2D eigenvalue weighted by atomic mass is 10.1. The number of nitrogens with one attached hydrogen (secondary N) is 1. The average Bonchev–Trinajstić information content (AvgIpc) is 3.14. The molecular weight excluding hydrogens is 689 g/mol. The van der Waals surface area contributed by atoms with Crippen LogP contribution in [0.4, 0.5) is 0 Å². The Morgan fingerprint density at radius 3 is 1.58 bits per heavy atom. The molecule has 0 saturated carbocycles. The maximum absolute atomic E-state index is 12.0. The van der Waals surface area contributed by atoms with Gasteiger partial charge < -0.3 is 20.1 Å². The normalized spacial score (nSPS) is 14.3. The second-order valence-corrected chi connectivity index (χ2v) is 14.3. The van der Waals surface area contributed by atoms with Crippen molar-refractivity contribution in [1.82, 2.24) is 5.32 Å². The van der Waals surface area contributed by atoms with Gasteiger partial charge >= 0.3 is 13.8 Å². The second-order valence-electron chi connectivity index (χ2n) is 12.9. The highest BCUT2D eigenvalue weighted by Gasteiger charge is 2.23. The molecule has 0 fully saturated rings. The van der Waals surface area contributed by atoms with Crippen LogP contribution >= 0.6 is 7.82 Å². The summed E-state index contributed by atoms with van der Waals surface area (Å²) in [7, 11) is -4.43. The van der Waals surface area contributed by atoms with Gasteiger partial charge in [-0.1, -0.05) is 150 Å². The van der Waals surface area contributed by atoms with E-state index in [1.165, 1.54) is 38.5 Å². The molecule has 0 aromatic rings. The summed E-state index contributed by atoms with van der Waals surface area (Å²) in [6.45, 7) is 3.31. The number of rotatable bonds is 36. The van der Waals surface area contributed by atoms with E-state index >= 15 is 0 Å². The minimum Gasteiger partial charge on any atom is -0.463 e. The van der Waals surface area contributed by atoms with Crippen LogP contribution in [-0.2, 0) is 27.9 Å². The van der Waals surface area contributed by atoms with Crippen LogP contribution in [0.25, 0.3) is 0 Å². The third-order valence-electron chi connectivity index (χ3n) is 7.84. The summed E-state index contributed by atoms with van der Waals surface area (Å²) in [5, 5.41) is 12.6. The van der Waals surface area contributed by atoms with Crippen molar-refractivity contribution < 1.29 is 37.9 Å². The predicted molar refractivity (Wildman–Crippen MR) is 219 cm³/mol. The van der Waals surface area contributed by atoms with Gasteiger partial charge in [0.2, 0.25) is 5.91 Å². The molecule has 1 amide bonds. The van der Waals surface area contributed by atoms with Crippen LogP contribution < -0.4 is 5.32 Å². The number of aliphatic hydroxyl groups is 1. The molecule has 0 spiro atoms. The number of ether oxygens (including phenoxy) is 1. The van der Waals surface area contributed by atoms with Crippen molar-refractivity contribution in [3.8, 4) is 0 Å². The largest absolute Gasteiger partial charge is 0.472 e. The predicted octanol–water partition coefficient (Wildman–Crippen LogP) is 10.9. The van der Waals surface area contributed by atoms with E-state index in [2.05, 4.69) is 104 Å². The summed E-state index contributed by atoms with van der Waals surface area (Å²) in [6.07, 6.45) is 48.2. The van der Waals surface area contributed by atoms with Crippen LogP contribution in [0.1, 0.15) is 142 Å². The van der Waals surface area contributed by atoms with Crippen LogP contribution in [0.5, 0.6) is 0 Å². The van der Waals surface area contributed by atoms with Gasteiger partial charge in [0, 0.05) is 19.4 Å². The molecule has 0 aliphatic heterocycles. The number of aliphatic hydroxyl groups excluding tert-OH is 1. The van der Waals surface area contributed by atoms with Gasteiger partial charge in [0.05, 0.1) is 13.2 Å². The number of hydrogen-bond acceptors (Lipinski definition) is 7. The molecule has 0 aromatic carbocycles. The summed E-state index contributed by atoms with van der Waals surface area (Å²) in [4.78, 5) is 33.7. The summed E-state index contributed by atoms with van der Waals surface area (Å²) < 4.78 is 26.7. The molecule has 0 radical (unpaired) electrons. The van der Waals surface area contributed by atoms with Gasteiger partial charge in [-0.3, -0.25) is 18.6 Å². The van der Waals surface area contributed by atoms with Crippen molar-refractivity contribution in [2.75, 3.05) is 26.4 Å². The van der Waals surface area contributed by atoms with Crippen LogP contribution in [0.2, 0.25) is 0 Å². The van der Waals surface area contributed by atoms with E-state index in [4.69, 9.17) is 13.8 Å². The van der Waals surface area contributed by atoms with E-state index in [0.29, 0.717) is 12.8 Å². The lowest BCUT2D eigenvalue weighted by Crippen LogP contribution is -2.27. The number of unbranched alkanes of at least 4 members (excludes halogenated alkanes) is 9. The van der Waals surface area contributed by atoms with Crippen LogP contribution in [0, 0.1) is 0 Å². The standard InChI is InChI=1S/C43H72NO8P/c1-3-5-7-9-11-13-14-15-16-17-18-19-20-21-22-23-24-25-26-28-29-31-33-35-42(46)44-37-38-51-53(48,49)52-40-41(45)39-50-43(47)36-34-32-30-27-12-10-8-6-4-2/h5,7,11,13,15-16,18-19,21-22,24-25,28-29,41,45H,3-4,6,8-10,12,14,17,20,23,26-27,30-40H2,1-2H3,(H,44,46)(H,48,49)/b7-5-,13-11-,16-15-,19-18-,22-21-,25-24-,29-28-. The molecule has 0 aliphatic rings. The maximum atomic E-state index is 12.0. The first-order valence-electron chi connectivity index (χ1n) is 20.1. The monoisotopic (exact) mass is 761 g/mol. The first-order chi connectivity index (χ1) is 25.8. The highest BCUT2D eigenvalue weighted by Crippen LogP contribution is 2.42. The lowest BCUT2D eigenvalue weighted by molar-refractivity contribution is -0.147.